The van der Waals surface area contributed by atoms with E-state index < -0.39 is 11.6 Å². The molecule has 0 radical (unpaired) electrons. The lowest BCUT2D eigenvalue weighted by atomic mass is 10.3. The number of hydrogen-bond donors (Lipinski definition) is 1. The highest BCUT2D eigenvalue weighted by Crippen LogP contribution is 2.28. The second-order valence-electron chi connectivity index (χ2n) is 3.83. The van der Waals surface area contributed by atoms with Crippen LogP contribution in [0.4, 0.5) is 20.5 Å². The van der Waals surface area contributed by atoms with Crippen molar-refractivity contribution in [2.45, 2.75) is 0 Å². The fraction of sp³-hybridized carbons (Fsp3) is 0. The average Bonchev–Trinajstić information content (AvgIpc) is 2.80. The van der Waals surface area contributed by atoms with E-state index in [1.807, 2.05) is 0 Å². The number of aromatic nitrogens is 1. The molecule has 0 fully saturated rings. The number of nitrogens with zero attached hydrogens (tertiary/aromatic N) is 1. The van der Waals surface area contributed by atoms with E-state index in [2.05, 4.69) is 10.3 Å². The summed E-state index contributed by atoms with van der Waals surface area (Å²) in [5.41, 5.74) is 0.569. The maximum Gasteiger partial charge on any atom is 0.300 e. The Hall–Kier alpha value is -2.14. The topological polar surface area (TPSA) is 38.1 Å². The minimum atomic E-state index is -1.03. The lowest BCUT2D eigenvalue weighted by Gasteiger charge is -2.02. The van der Waals surface area contributed by atoms with Crippen LogP contribution in [0.2, 0.25) is 5.02 Å². The molecule has 96 valence electrons. The molecule has 1 aromatic heterocycles. The van der Waals surface area contributed by atoms with Crippen LogP contribution in [0.25, 0.3) is 11.1 Å². The number of fused-ring (bicyclic) bond motifs is 1. The summed E-state index contributed by atoms with van der Waals surface area (Å²) in [6.07, 6.45) is 0. The van der Waals surface area contributed by atoms with Gasteiger partial charge in [-0.2, -0.15) is 4.98 Å². The van der Waals surface area contributed by atoms with Gasteiger partial charge >= 0.3 is 0 Å². The van der Waals surface area contributed by atoms with Crippen LogP contribution >= 0.6 is 11.6 Å². The van der Waals surface area contributed by atoms with Gasteiger partial charge in [-0.1, -0.05) is 23.7 Å². The molecule has 3 aromatic rings. The van der Waals surface area contributed by atoms with Crippen LogP contribution in [0.15, 0.2) is 40.8 Å². The number of rotatable bonds is 2. The average molecular weight is 281 g/mol. The number of oxazole rings is 1. The minimum absolute atomic E-state index is 0.0487. The summed E-state index contributed by atoms with van der Waals surface area (Å²) < 4.78 is 31.8. The Morgan fingerprint density at radius 2 is 1.89 bits per heavy atom. The molecule has 19 heavy (non-hydrogen) atoms. The van der Waals surface area contributed by atoms with Crippen molar-refractivity contribution in [3.05, 3.63) is 53.1 Å². The van der Waals surface area contributed by atoms with Crippen molar-refractivity contribution in [2.75, 3.05) is 5.32 Å². The summed E-state index contributed by atoms with van der Waals surface area (Å²) in [7, 11) is 0. The number of benzene rings is 2. The van der Waals surface area contributed by atoms with Crippen LogP contribution in [-0.2, 0) is 0 Å². The first kappa shape index (κ1) is 11.9. The van der Waals surface area contributed by atoms with Gasteiger partial charge in [0.25, 0.3) is 6.01 Å². The molecule has 0 unspecified atom stereocenters. The molecule has 0 bridgehead atoms. The van der Waals surface area contributed by atoms with E-state index in [4.69, 9.17) is 16.0 Å². The van der Waals surface area contributed by atoms with Crippen molar-refractivity contribution in [1.29, 1.82) is 0 Å². The van der Waals surface area contributed by atoms with Crippen molar-refractivity contribution in [1.82, 2.24) is 4.98 Å². The zero-order valence-electron chi connectivity index (χ0n) is 9.45. The molecule has 0 aliphatic heterocycles. The Balaban J connectivity index is 2.03. The molecule has 0 saturated carbocycles. The van der Waals surface area contributed by atoms with E-state index in [-0.39, 0.29) is 17.1 Å². The quantitative estimate of drug-likeness (QED) is 0.751. The zero-order valence-corrected chi connectivity index (χ0v) is 10.2. The predicted molar refractivity (Wildman–Crippen MR) is 68.7 cm³/mol. The number of halogens is 3. The smallest absolute Gasteiger partial charge is 0.300 e. The molecule has 0 aliphatic rings. The molecule has 1 heterocycles. The second-order valence-corrected chi connectivity index (χ2v) is 4.24. The van der Waals surface area contributed by atoms with Gasteiger partial charge < -0.3 is 9.73 Å². The predicted octanol–water partition coefficient (Wildman–Crippen LogP) is 4.50. The molecule has 1 N–H and O–H groups in total. The fourth-order valence-electron chi connectivity index (χ4n) is 1.67. The molecule has 0 saturated heterocycles. The lowest BCUT2D eigenvalue weighted by Crippen LogP contribution is -1.91. The first-order valence-corrected chi connectivity index (χ1v) is 5.79. The maximum atomic E-state index is 13.5. The zero-order chi connectivity index (χ0) is 13.4. The molecule has 0 spiro atoms. The van der Waals surface area contributed by atoms with E-state index in [0.29, 0.717) is 10.7 Å². The van der Waals surface area contributed by atoms with Crippen molar-refractivity contribution in [3.63, 3.8) is 0 Å². The Morgan fingerprint density at radius 1 is 1.11 bits per heavy atom. The SMILES string of the molecule is Fc1ccc2oc(Nc3ccccc3Cl)nc2c1F. The Morgan fingerprint density at radius 3 is 2.68 bits per heavy atom. The Labute approximate surface area is 111 Å². The largest absolute Gasteiger partial charge is 0.423 e. The standard InChI is InChI=1S/C13H7ClF2N2O/c14-7-3-1-2-4-9(7)17-13-18-12-10(19-13)6-5-8(15)11(12)16/h1-6H,(H,17,18). The van der Waals surface area contributed by atoms with Gasteiger partial charge in [0.1, 0.15) is 0 Å². The van der Waals surface area contributed by atoms with E-state index in [0.717, 1.165) is 6.07 Å². The normalized spacial score (nSPS) is 10.9. The third-order valence-electron chi connectivity index (χ3n) is 2.57. The molecular formula is C13H7ClF2N2O. The van der Waals surface area contributed by atoms with Crippen LogP contribution in [-0.4, -0.2) is 4.98 Å². The van der Waals surface area contributed by atoms with Crippen molar-refractivity contribution >= 4 is 34.4 Å². The summed E-state index contributed by atoms with van der Waals surface area (Å²) in [5.74, 6) is -2.00. The Bertz CT molecular complexity index is 757. The number of anilines is 2. The fourth-order valence-corrected chi connectivity index (χ4v) is 1.85. The first-order valence-electron chi connectivity index (χ1n) is 5.41. The molecule has 6 heteroatoms. The highest BCUT2D eigenvalue weighted by atomic mass is 35.5. The second kappa shape index (κ2) is 4.51. The highest BCUT2D eigenvalue weighted by Gasteiger charge is 2.14. The molecular weight excluding hydrogens is 274 g/mol. The molecule has 0 aliphatic carbocycles. The minimum Gasteiger partial charge on any atom is -0.423 e. The van der Waals surface area contributed by atoms with Crippen molar-refractivity contribution in [2.24, 2.45) is 0 Å². The van der Waals surface area contributed by atoms with E-state index in [1.54, 1.807) is 24.3 Å². The van der Waals surface area contributed by atoms with E-state index in [1.165, 1.54) is 6.07 Å². The highest BCUT2D eigenvalue weighted by molar-refractivity contribution is 6.33. The van der Waals surface area contributed by atoms with E-state index >= 15 is 0 Å². The third-order valence-corrected chi connectivity index (χ3v) is 2.90. The van der Waals surface area contributed by atoms with Gasteiger partial charge in [-0.05, 0) is 24.3 Å². The monoisotopic (exact) mass is 280 g/mol. The number of nitrogens with one attached hydrogen (secondary N) is 1. The summed E-state index contributed by atoms with van der Waals surface area (Å²) in [6, 6.07) is 9.31. The lowest BCUT2D eigenvalue weighted by molar-refractivity contribution is 0.514. The molecule has 0 amide bonds. The van der Waals surface area contributed by atoms with Crippen LogP contribution in [0, 0.1) is 11.6 Å². The third kappa shape index (κ3) is 2.13. The van der Waals surface area contributed by atoms with Gasteiger partial charge in [-0.15, -0.1) is 0 Å². The summed E-state index contributed by atoms with van der Waals surface area (Å²) in [6.45, 7) is 0. The van der Waals surface area contributed by atoms with Gasteiger partial charge in [0, 0.05) is 0 Å². The van der Waals surface area contributed by atoms with Gasteiger partial charge in [-0.3, -0.25) is 0 Å². The van der Waals surface area contributed by atoms with Crippen LogP contribution in [0.1, 0.15) is 0 Å². The van der Waals surface area contributed by atoms with E-state index in [9.17, 15) is 8.78 Å². The molecule has 3 nitrogen and oxygen atoms in total. The van der Waals surface area contributed by atoms with Crippen LogP contribution < -0.4 is 5.32 Å². The maximum absolute atomic E-state index is 13.5. The summed E-state index contributed by atoms with van der Waals surface area (Å²) >= 11 is 5.96. The van der Waals surface area contributed by atoms with Gasteiger partial charge in [0.2, 0.25) is 0 Å². The molecule has 0 atom stereocenters. The molecule has 2 aromatic carbocycles. The van der Waals surface area contributed by atoms with Gasteiger partial charge in [-0.25, -0.2) is 8.78 Å². The van der Waals surface area contributed by atoms with Crippen molar-refractivity contribution < 1.29 is 13.2 Å². The van der Waals surface area contributed by atoms with Crippen LogP contribution in [0.3, 0.4) is 0 Å². The summed E-state index contributed by atoms with van der Waals surface area (Å²) in [5, 5.41) is 3.28. The summed E-state index contributed by atoms with van der Waals surface area (Å²) in [4.78, 5) is 3.86. The molecule has 3 rings (SSSR count). The Kier molecular flexibility index (Phi) is 2.83. The first-order chi connectivity index (χ1) is 9.15. The number of para-hydroxylation sites is 1. The van der Waals surface area contributed by atoms with Crippen molar-refractivity contribution in [3.8, 4) is 0 Å². The van der Waals surface area contributed by atoms with Crippen LogP contribution in [0.5, 0.6) is 0 Å². The van der Waals surface area contributed by atoms with Gasteiger partial charge in [0.15, 0.2) is 22.7 Å². The van der Waals surface area contributed by atoms with Gasteiger partial charge in [0.05, 0.1) is 10.7 Å². The number of hydrogen-bond acceptors (Lipinski definition) is 3.